The molecule has 1 aliphatic rings. The molecule has 8 heteroatoms. The maximum atomic E-state index is 12.1. The van der Waals surface area contributed by atoms with Gasteiger partial charge in [0.05, 0.1) is 31.0 Å². The number of methoxy groups -OCH3 is 1. The molecule has 0 atom stereocenters. The Morgan fingerprint density at radius 2 is 2.08 bits per heavy atom. The largest absolute Gasteiger partial charge is 0.486 e. The number of ether oxygens (including phenoxy) is 3. The lowest BCUT2D eigenvalue weighted by molar-refractivity contribution is -0.120. The number of aromatic amines is 1. The van der Waals surface area contributed by atoms with Crippen LogP contribution in [-0.2, 0) is 29.1 Å². The standard InChI is InChI=1S/C16H18ClN3O4/c1-22-9-12-6-11(19-20-12)8-18-16(21)5-10-4-14-15(7-13(10)17)24-3-2-23-14/h4,6-7H,2-3,5,8-9H2,1H3,(H,18,21)(H,19,20). The second-order valence-corrected chi connectivity index (χ2v) is 5.77. The van der Waals surface area contributed by atoms with Crippen LogP contribution in [0.3, 0.4) is 0 Å². The number of H-pyrrole nitrogens is 1. The Bertz CT molecular complexity index is 732. The molecule has 128 valence electrons. The average Bonchev–Trinajstić information content (AvgIpc) is 3.02. The number of fused-ring (bicyclic) bond motifs is 1. The number of carbonyl (C=O) groups excluding carboxylic acids is 1. The second kappa shape index (κ2) is 7.55. The Balaban J connectivity index is 1.58. The van der Waals surface area contributed by atoms with Gasteiger partial charge < -0.3 is 19.5 Å². The molecule has 2 heterocycles. The molecule has 1 aromatic carbocycles. The third-order valence-corrected chi connectivity index (χ3v) is 3.87. The van der Waals surface area contributed by atoms with Gasteiger partial charge in [0.1, 0.15) is 13.2 Å². The lowest BCUT2D eigenvalue weighted by Gasteiger charge is -2.19. The normalized spacial score (nSPS) is 12.9. The molecule has 0 saturated carbocycles. The van der Waals surface area contributed by atoms with E-state index in [0.29, 0.717) is 48.5 Å². The third-order valence-electron chi connectivity index (χ3n) is 3.51. The van der Waals surface area contributed by atoms with Gasteiger partial charge in [-0.25, -0.2) is 0 Å². The molecule has 1 aromatic heterocycles. The van der Waals surface area contributed by atoms with E-state index in [9.17, 15) is 4.79 Å². The fraction of sp³-hybridized carbons (Fsp3) is 0.375. The predicted molar refractivity (Wildman–Crippen MR) is 87.3 cm³/mol. The lowest BCUT2D eigenvalue weighted by atomic mass is 10.1. The van der Waals surface area contributed by atoms with Crippen LogP contribution in [0.5, 0.6) is 11.5 Å². The van der Waals surface area contributed by atoms with Gasteiger partial charge in [0.25, 0.3) is 0 Å². The smallest absolute Gasteiger partial charge is 0.224 e. The van der Waals surface area contributed by atoms with Crippen LogP contribution < -0.4 is 14.8 Å². The number of nitrogens with zero attached hydrogens (tertiary/aromatic N) is 1. The predicted octanol–water partition coefficient (Wildman–Crippen LogP) is 1.84. The number of rotatable bonds is 6. The summed E-state index contributed by atoms with van der Waals surface area (Å²) in [5.41, 5.74) is 2.29. The number of hydrogen-bond acceptors (Lipinski definition) is 5. The van der Waals surface area contributed by atoms with E-state index in [1.807, 2.05) is 6.07 Å². The molecule has 0 spiro atoms. The minimum atomic E-state index is -0.142. The Hall–Kier alpha value is -2.25. The SMILES string of the molecule is COCc1cc(CNC(=O)Cc2cc3c(cc2Cl)OCCO3)[nH]n1. The quantitative estimate of drug-likeness (QED) is 0.829. The van der Waals surface area contributed by atoms with Crippen molar-refractivity contribution in [3.05, 3.63) is 40.2 Å². The third kappa shape index (κ3) is 3.98. The van der Waals surface area contributed by atoms with Crippen LogP contribution in [0.4, 0.5) is 0 Å². The topological polar surface area (TPSA) is 85.5 Å². The van der Waals surface area contributed by atoms with Gasteiger partial charge in [0.2, 0.25) is 5.91 Å². The molecule has 0 bridgehead atoms. The first-order valence-corrected chi connectivity index (χ1v) is 7.90. The van der Waals surface area contributed by atoms with E-state index < -0.39 is 0 Å². The van der Waals surface area contributed by atoms with Crippen molar-refractivity contribution in [2.75, 3.05) is 20.3 Å². The first-order chi connectivity index (χ1) is 11.7. The second-order valence-electron chi connectivity index (χ2n) is 5.36. The van der Waals surface area contributed by atoms with Crippen molar-refractivity contribution in [3.63, 3.8) is 0 Å². The van der Waals surface area contributed by atoms with E-state index in [1.54, 1.807) is 19.2 Å². The minimum Gasteiger partial charge on any atom is -0.486 e. The Morgan fingerprint density at radius 3 is 2.83 bits per heavy atom. The van der Waals surface area contributed by atoms with Gasteiger partial charge in [-0.1, -0.05) is 11.6 Å². The highest BCUT2D eigenvalue weighted by Crippen LogP contribution is 2.35. The van der Waals surface area contributed by atoms with Crippen molar-refractivity contribution in [1.29, 1.82) is 0 Å². The first-order valence-electron chi connectivity index (χ1n) is 7.52. The van der Waals surface area contributed by atoms with Gasteiger partial charge in [-0.2, -0.15) is 5.10 Å². The number of carbonyl (C=O) groups is 1. The van der Waals surface area contributed by atoms with Crippen LogP contribution in [-0.4, -0.2) is 36.4 Å². The van der Waals surface area contributed by atoms with Gasteiger partial charge in [-0.05, 0) is 17.7 Å². The molecule has 0 saturated heterocycles. The summed E-state index contributed by atoms with van der Waals surface area (Å²) < 4.78 is 16.0. The molecule has 3 rings (SSSR count). The van der Waals surface area contributed by atoms with Crippen LogP contribution in [0, 0.1) is 0 Å². The summed E-state index contributed by atoms with van der Waals surface area (Å²) in [6, 6.07) is 5.29. The molecule has 0 aliphatic carbocycles. The van der Waals surface area contributed by atoms with Gasteiger partial charge in [0.15, 0.2) is 11.5 Å². The van der Waals surface area contributed by atoms with Crippen LogP contribution >= 0.6 is 11.6 Å². The molecule has 0 unspecified atom stereocenters. The molecule has 0 radical (unpaired) electrons. The molecule has 0 fully saturated rings. The van der Waals surface area contributed by atoms with Gasteiger partial charge in [-0.3, -0.25) is 9.89 Å². The van der Waals surface area contributed by atoms with Crippen LogP contribution in [0.1, 0.15) is 17.0 Å². The zero-order chi connectivity index (χ0) is 16.9. The zero-order valence-electron chi connectivity index (χ0n) is 13.2. The summed E-state index contributed by atoms with van der Waals surface area (Å²) in [5, 5.41) is 10.2. The van der Waals surface area contributed by atoms with Gasteiger partial charge >= 0.3 is 0 Å². The van der Waals surface area contributed by atoms with E-state index in [1.165, 1.54) is 0 Å². The maximum absolute atomic E-state index is 12.1. The summed E-state index contributed by atoms with van der Waals surface area (Å²) in [6.07, 6.45) is 0.161. The zero-order valence-corrected chi connectivity index (χ0v) is 14.0. The number of nitrogens with one attached hydrogen (secondary N) is 2. The van der Waals surface area contributed by atoms with Crippen molar-refractivity contribution in [2.24, 2.45) is 0 Å². The van der Waals surface area contributed by atoms with Crippen LogP contribution in [0.25, 0.3) is 0 Å². The minimum absolute atomic E-state index is 0.142. The Morgan fingerprint density at radius 1 is 1.33 bits per heavy atom. The Kier molecular flexibility index (Phi) is 5.22. The molecule has 1 amide bonds. The number of hydrogen-bond donors (Lipinski definition) is 2. The molecular formula is C16H18ClN3O4. The van der Waals surface area contributed by atoms with E-state index in [-0.39, 0.29) is 12.3 Å². The van der Waals surface area contributed by atoms with Gasteiger partial charge in [-0.15, -0.1) is 0 Å². The average molecular weight is 352 g/mol. The van der Waals surface area contributed by atoms with Crippen molar-refractivity contribution < 1.29 is 19.0 Å². The number of amides is 1. The molecule has 24 heavy (non-hydrogen) atoms. The fourth-order valence-electron chi connectivity index (χ4n) is 2.39. The van der Waals surface area contributed by atoms with Crippen molar-refractivity contribution in [3.8, 4) is 11.5 Å². The van der Waals surface area contributed by atoms with Gasteiger partial charge in [0, 0.05) is 18.2 Å². The number of halogens is 1. The summed E-state index contributed by atoms with van der Waals surface area (Å²) in [5.74, 6) is 1.08. The molecular weight excluding hydrogens is 334 g/mol. The molecule has 7 nitrogen and oxygen atoms in total. The lowest BCUT2D eigenvalue weighted by Crippen LogP contribution is -2.25. The van der Waals surface area contributed by atoms with E-state index in [4.69, 9.17) is 25.8 Å². The van der Waals surface area contributed by atoms with Crippen molar-refractivity contribution in [2.45, 2.75) is 19.6 Å². The Labute approximate surface area is 144 Å². The molecule has 2 N–H and O–H groups in total. The van der Waals surface area contributed by atoms with Crippen LogP contribution in [0.15, 0.2) is 18.2 Å². The highest BCUT2D eigenvalue weighted by molar-refractivity contribution is 6.31. The molecule has 1 aliphatic heterocycles. The summed E-state index contributed by atoms with van der Waals surface area (Å²) in [4.78, 5) is 12.1. The maximum Gasteiger partial charge on any atom is 0.224 e. The van der Waals surface area contributed by atoms with E-state index >= 15 is 0 Å². The van der Waals surface area contributed by atoms with Crippen molar-refractivity contribution in [1.82, 2.24) is 15.5 Å². The number of aromatic nitrogens is 2. The van der Waals surface area contributed by atoms with E-state index in [2.05, 4.69) is 15.5 Å². The monoisotopic (exact) mass is 351 g/mol. The summed E-state index contributed by atoms with van der Waals surface area (Å²) >= 11 is 6.21. The highest BCUT2D eigenvalue weighted by Gasteiger charge is 2.16. The summed E-state index contributed by atoms with van der Waals surface area (Å²) in [6.45, 7) is 1.78. The highest BCUT2D eigenvalue weighted by atomic mass is 35.5. The van der Waals surface area contributed by atoms with Crippen LogP contribution in [0.2, 0.25) is 5.02 Å². The summed E-state index contributed by atoms with van der Waals surface area (Å²) in [7, 11) is 1.60. The van der Waals surface area contributed by atoms with E-state index in [0.717, 1.165) is 11.4 Å². The number of benzene rings is 1. The fourth-order valence-corrected chi connectivity index (χ4v) is 2.61. The van der Waals surface area contributed by atoms with Crippen molar-refractivity contribution >= 4 is 17.5 Å². The first kappa shape index (κ1) is 16.6. The molecule has 2 aromatic rings.